The van der Waals surface area contributed by atoms with E-state index in [2.05, 4.69) is 15.6 Å². The molecule has 1 aromatic heterocycles. The van der Waals surface area contributed by atoms with E-state index in [-0.39, 0.29) is 29.7 Å². The van der Waals surface area contributed by atoms with E-state index < -0.39 is 0 Å². The molecule has 0 fully saturated rings. The van der Waals surface area contributed by atoms with Crippen LogP contribution in [0, 0.1) is 0 Å². The highest BCUT2D eigenvalue weighted by Crippen LogP contribution is 2.28. The van der Waals surface area contributed by atoms with Crippen molar-refractivity contribution in [1.29, 1.82) is 0 Å². The van der Waals surface area contributed by atoms with Crippen molar-refractivity contribution in [2.45, 2.75) is 20.0 Å². The van der Waals surface area contributed by atoms with E-state index in [0.717, 1.165) is 17.7 Å². The van der Waals surface area contributed by atoms with Crippen molar-refractivity contribution in [2.24, 2.45) is 12.0 Å². The molecule has 0 atom stereocenters. The number of aryl methyl sites for hydroxylation is 1. The molecule has 0 aliphatic heterocycles. The number of hydrogen-bond donors (Lipinski definition) is 3. The molecule has 0 saturated heterocycles. The normalized spacial score (nSPS) is 10.9. The van der Waals surface area contributed by atoms with Gasteiger partial charge in [-0.15, -0.1) is 24.0 Å². The van der Waals surface area contributed by atoms with Gasteiger partial charge in [0.2, 0.25) is 0 Å². The third-order valence-corrected chi connectivity index (χ3v) is 3.41. The molecule has 0 bridgehead atoms. The third-order valence-electron chi connectivity index (χ3n) is 3.41. The Morgan fingerprint density at radius 2 is 2.08 bits per heavy atom. The van der Waals surface area contributed by atoms with E-state index in [1.165, 1.54) is 7.11 Å². The number of guanidine groups is 1. The van der Waals surface area contributed by atoms with Crippen LogP contribution in [0.2, 0.25) is 0 Å². The van der Waals surface area contributed by atoms with Gasteiger partial charge in [0.15, 0.2) is 17.5 Å². The van der Waals surface area contributed by atoms with E-state index >= 15 is 0 Å². The van der Waals surface area contributed by atoms with E-state index in [1.54, 1.807) is 6.07 Å². The molecule has 0 amide bonds. The summed E-state index contributed by atoms with van der Waals surface area (Å²) in [5, 5.41) is 16.5. The summed E-state index contributed by atoms with van der Waals surface area (Å²) in [6, 6.07) is 7.48. The van der Waals surface area contributed by atoms with E-state index in [4.69, 9.17) is 4.74 Å². The van der Waals surface area contributed by atoms with Crippen LogP contribution in [0.1, 0.15) is 18.1 Å². The molecule has 7 heteroatoms. The fourth-order valence-corrected chi connectivity index (χ4v) is 2.22. The topological polar surface area (TPSA) is 70.8 Å². The number of rotatable bonds is 6. The second kappa shape index (κ2) is 10.1. The summed E-state index contributed by atoms with van der Waals surface area (Å²) in [4.78, 5) is 4.55. The van der Waals surface area contributed by atoms with Crippen molar-refractivity contribution in [3.63, 3.8) is 0 Å². The number of aliphatic imine (C=N–C) groups is 1. The molecule has 0 saturated carbocycles. The van der Waals surface area contributed by atoms with Gasteiger partial charge in [-0.05, 0) is 24.6 Å². The van der Waals surface area contributed by atoms with Crippen LogP contribution in [-0.2, 0) is 20.1 Å². The van der Waals surface area contributed by atoms with Crippen molar-refractivity contribution >= 4 is 29.9 Å². The van der Waals surface area contributed by atoms with Crippen molar-refractivity contribution in [2.75, 3.05) is 13.7 Å². The maximum Gasteiger partial charge on any atom is 0.191 e. The number of para-hydroxylation sites is 1. The van der Waals surface area contributed by atoms with Gasteiger partial charge in [-0.2, -0.15) is 0 Å². The van der Waals surface area contributed by atoms with Crippen molar-refractivity contribution < 1.29 is 9.84 Å². The summed E-state index contributed by atoms with van der Waals surface area (Å²) in [7, 11) is 3.53. The third kappa shape index (κ3) is 5.63. The summed E-state index contributed by atoms with van der Waals surface area (Å²) in [6.45, 7) is 3.84. The minimum Gasteiger partial charge on any atom is -0.504 e. The predicted octanol–water partition coefficient (Wildman–Crippen LogP) is 2.61. The van der Waals surface area contributed by atoms with Crippen LogP contribution >= 0.6 is 24.0 Å². The Morgan fingerprint density at radius 3 is 2.71 bits per heavy atom. The quantitative estimate of drug-likeness (QED) is 0.364. The number of methoxy groups -OCH3 is 1. The van der Waals surface area contributed by atoms with Crippen molar-refractivity contribution in [3.05, 3.63) is 47.8 Å². The predicted molar refractivity (Wildman–Crippen MR) is 107 cm³/mol. The van der Waals surface area contributed by atoms with E-state index in [9.17, 15) is 5.11 Å². The molecule has 0 spiro atoms. The number of ether oxygens (including phenoxy) is 1. The molecule has 24 heavy (non-hydrogen) atoms. The molecule has 0 unspecified atom stereocenters. The zero-order chi connectivity index (χ0) is 16.7. The molecular weight excluding hydrogens is 419 g/mol. The SMILES string of the molecule is CCNC(=NCc1ccn(C)c1)NCc1cccc(OC)c1O.I. The zero-order valence-electron chi connectivity index (χ0n) is 14.2. The molecule has 1 aromatic carbocycles. The lowest BCUT2D eigenvalue weighted by atomic mass is 10.2. The number of benzene rings is 1. The van der Waals surface area contributed by atoms with Crippen LogP contribution in [0.15, 0.2) is 41.7 Å². The summed E-state index contributed by atoms with van der Waals surface area (Å²) in [5.74, 6) is 1.33. The summed E-state index contributed by atoms with van der Waals surface area (Å²) in [5.41, 5.74) is 1.91. The lowest BCUT2D eigenvalue weighted by molar-refractivity contribution is 0.370. The molecular formula is C17H25IN4O2. The maximum atomic E-state index is 10.1. The fraction of sp³-hybridized carbons (Fsp3) is 0.353. The Labute approximate surface area is 160 Å². The number of aromatic hydroxyl groups is 1. The van der Waals surface area contributed by atoms with Crippen LogP contribution in [0.3, 0.4) is 0 Å². The number of phenols is 1. The van der Waals surface area contributed by atoms with Gasteiger partial charge >= 0.3 is 0 Å². The van der Waals surface area contributed by atoms with Crippen LogP contribution in [0.4, 0.5) is 0 Å². The average Bonchev–Trinajstić information content (AvgIpc) is 2.96. The highest BCUT2D eigenvalue weighted by Gasteiger charge is 2.07. The van der Waals surface area contributed by atoms with Gasteiger partial charge in [-0.1, -0.05) is 12.1 Å². The molecule has 2 rings (SSSR count). The lowest BCUT2D eigenvalue weighted by Gasteiger charge is -2.13. The van der Waals surface area contributed by atoms with E-state index in [1.807, 2.05) is 49.1 Å². The zero-order valence-corrected chi connectivity index (χ0v) is 16.6. The lowest BCUT2D eigenvalue weighted by Crippen LogP contribution is -2.36. The largest absolute Gasteiger partial charge is 0.504 e. The van der Waals surface area contributed by atoms with Gasteiger partial charge in [0.05, 0.1) is 13.7 Å². The highest BCUT2D eigenvalue weighted by molar-refractivity contribution is 14.0. The highest BCUT2D eigenvalue weighted by atomic mass is 127. The number of aromatic nitrogens is 1. The van der Waals surface area contributed by atoms with Crippen molar-refractivity contribution in [1.82, 2.24) is 15.2 Å². The van der Waals surface area contributed by atoms with Gasteiger partial charge < -0.3 is 25.0 Å². The first-order chi connectivity index (χ1) is 11.1. The molecule has 0 aliphatic carbocycles. The van der Waals surface area contributed by atoms with Crippen molar-refractivity contribution in [3.8, 4) is 11.5 Å². The van der Waals surface area contributed by atoms with Crippen LogP contribution in [0.5, 0.6) is 11.5 Å². The molecule has 6 nitrogen and oxygen atoms in total. The van der Waals surface area contributed by atoms with Crippen LogP contribution in [-0.4, -0.2) is 29.3 Å². The number of nitrogens with one attached hydrogen (secondary N) is 2. The first-order valence-corrected chi connectivity index (χ1v) is 7.62. The first-order valence-electron chi connectivity index (χ1n) is 7.62. The Hall–Kier alpha value is -1.90. The Morgan fingerprint density at radius 1 is 1.29 bits per heavy atom. The molecule has 1 heterocycles. The summed E-state index contributed by atoms with van der Waals surface area (Å²) < 4.78 is 7.12. The Balaban J connectivity index is 0.00000288. The monoisotopic (exact) mass is 444 g/mol. The second-order valence-electron chi connectivity index (χ2n) is 5.20. The van der Waals surface area contributed by atoms with E-state index in [0.29, 0.717) is 24.8 Å². The first kappa shape index (κ1) is 20.1. The minimum atomic E-state index is 0. The maximum absolute atomic E-state index is 10.1. The minimum absolute atomic E-state index is 0. The number of phenolic OH excluding ortho intramolecular Hbond substituents is 1. The van der Waals surface area contributed by atoms with Gasteiger partial charge in [0, 0.05) is 38.1 Å². The molecule has 0 aliphatic rings. The molecule has 0 radical (unpaired) electrons. The Bertz CT molecular complexity index is 670. The fourth-order valence-electron chi connectivity index (χ4n) is 2.22. The Kier molecular flexibility index (Phi) is 8.45. The smallest absolute Gasteiger partial charge is 0.191 e. The summed E-state index contributed by atoms with van der Waals surface area (Å²) in [6.07, 6.45) is 4.04. The number of nitrogens with zero attached hydrogens (tertiary/aromatic N) is 2. The van der Waals surface area contributed by atoms with Gasteiger partial charge in [0.25, 0.3) is 0 Å². The van der Waals surface area contributed by atoms with Crippen LogP contribution < -0.4 is 15.4 Å². The average molecular weight is 444 g/mol. The second-order valence-corrected chi connectivity index (χ2v) is 5.20. The molecule has 3 N–H and O–H groups in total. The number of hydrogen-bond acceptors (Lipinski definition) is 3. The van der Waals surface area contributed by atoms with Gasteiger partial charge in [-0.3, -0.25) is 0 Å². The van der Waals surface area contributed by atoms with Gasteiger partial charge in [0.1, 0.15) is 0 Å². The summed E-state index contributed by atoms with van der Waals surface area (Å²) >= 11 is 0. The van der Waals surface area contributed by atoms with Gasteiger partial charge in [-0.25, -0.2) is 4.99 Å². The molecule has 2 aromatic rings. The number of halogens is 1. The van der Waals surface area contributed by atoms with Crippen LogP contribution in [0.25, 0.3) is 0 Å². The molecule has 132 valence electrons. The standard InChI is InChI=1S/C17H24N4O2.HI/c1-4-18-17(19-10-13-8-9-21(2)12-13)20-11-14-6-5-7-15(23-3)16(14)22;/h5-9,12,22H,4,10-11H2,1-3H3,(H2,18,19,20);1H.